The predicted molar refractivity (Wildman–Crippen MR) is 71.7 cm³/mol. The van der Waals surface area contributed by atoms with Crippen LogP contribution in [0.15, 0.2) is 12.3 Å². The van der Waals surface area contributed by atoms with Crippen LogP contribution in [0.4, 0.5) is 0 Å². The number of hydrogen-bond donors (Lipinski definition) is 0. The Morgan fingerprint density at radius 2 is 2.05 bits per heavy atom. The van der Waals surface area contributed by atoms with Crippen molar-refractivity contribution in [2.24, 2.45) is 0 Å². The fourth-order valence-corrected chi connectivity index (χ4v) is 1.57. The van der Waals surface area contributed by atoms with E-state index >= 15 is 0 Å². The molecule has 2 rings (SSSR count). The molecule has 104 valence electrons. The van der Waals surface area contributed by atoms with Crippen LogP contribution in [0, 0.1) is 0 Å². The zero-order valence-electron chi connectivity index (χ0n) is 11.8. The molecule has 19 heavy (non-hydrogen) atoms. The molecule has 1 heterocycles. The Bertz CT molecular complexity index is 468. The standard InChI is InChI=1S/C14H20N2O3/c1-9(2)18-13-8-15-11(14(17)16(3)4)7-12(13)19-10-5-6-10/h7-10H,5-6H2,1-4H3. The van der Waals surface area contributed by atoms with E-state index in [1.54, 1.807) is 26.4 Å². The number of nitrogens with zero attached hydrogens (tertiary/aromatic N) is 2. The van der Waals surface area contributed by atoms with Crippen molar-refractivity contribution in [3.63, 3.8) is 0 Å². The molecular weight excluding hydrogens is 244 g/mol. The fraction of sp³-hybridized carbons (Fsp3) is 0.571. The van der Waals surface area contributed by atoms with E-state index in [1.165, 1.54) is 4.90 Å². The molecule has 0 unspecified atom stereocenters. The molecule has 0 bridgehead atoms. The molecular formula is C14H20N2O3. The molecule has 5 nitrogen and oxygen atoms in total. The van der Waals surface area contributed by atoms with Crippen LogP contribution in [0.25, 0.3) is 0 Å². The van der Waals surface area contributed by atoms with Crippen molar-refractivity contribution >= 4 is 5.91 Å². The van der Waals surface area contributed by atoms with Gasteiger partial charge >= 0.3 is 0 Å². The van der Waals surface area contributed by atoms with E-state index in [0.29, 0.717) is 17.2 Å². The Morgan fingerprint density at radius 1 is 1.37 bits per heavy atom. The first-order valence-corrected chi connectivity index (χ1v) is 6.52. The summed E-state index contributed by atoms with van der Waals surface area (Å²) in [5.74, 6) is 1.06. The van der Waals surface area contributed by atoms with Gasteiger partial charge in [-0.25, -0.2) is 4.98 Å². The molecule has 1 aromatic heterocycles. The first kappa shape index (κ1) is 13.6. The summed E-state index contributed by atoms with van der Waals surface area (Å²) < 4.78 is 11.4. The average Bonchev–Trinajstić information content (AvgIpc) is 3.13. The molecule has 0 radical (unpaired) electrons. The topological polar surface area (TPSA) is 51.7 Å². The maximum atomic E-state index is 11.9. The molecule has 1 aliphatic rings. The summed E-state index contributed by atoms with van der Waals surface area (Å²) in [6.07, 6.45) is 3.97. The van der Waals surface area contributed by atoms with Crippen LogP contribution in [0.3, 0.4) is 0 Å². The molecule has 1 fully saturated rings. The third-order valence-electron chi connectivity index (χ3n) is 2.64. The van der Waals surface area contributed by atoms with Gasteiger partial charge in [-0.3, -0.25) is 4.79 Å². The van der Waals surface area contributed by atoms with E-state index in [4.69, 9.17) is 9.47 Å². The highest BCUT2D eigenvalue weighted by Gasteiger charge is 2.26. The van der Waals surface area contributed by atoms with Crippen molar-refractivity contribution in [3.8, 4) is 11.5 Å². The largest absolute Gasteiger partial charge is 0.486 e. The lowest BCUT2D eigenvalue weighted by molar-refractivity contribution is 0.0821. The summed E-state index contributed by atoms with van der Waals surface area (Å²) in [4.78, 5) is 17.5. The quantitative estimate of drug-likeness (QED) is 0.817. The van der Waals surface area contributed by atoms with Crippen LogP contribution >= 0.6 is 0 Å². The minimum Gasteiger partial charge on any atom is -0.486 e. The SMILES string of the molecule is CC(C)Oc1cnc(C(=O)N(C)C)cc1OC1CC1. The van der Waals surface area contributed by atoms with Gasteiger partial charge < -0.3 is 14.4 Å². The summed E-state index contributed by atoms with van der Waals surface area (Å²) in [5, 5.41) is 0. The maximum Gasteiger partial charge on any atom is 0.272 e. The molecule has 5 heteroatoms. The second-order valence-electron chi connectivity index (χ2n) is 5.20. The third-order valence-corrected chi connectivity index (χ3v) is 2.64. The normalized spacial score (nSPS) is 14.4. The van der Waals surface area contributed by atoms with Crippen LogP contribution in [0.1, 0.15) is 37.2 Å². The second-order valence-corrected chi connectivity index (χ2v) is 5.20. The van der Waals surface area contributed by atoms with Gasteiger partial charge in [-0.05, 0) is 26.7 Å². The zero-order valence-corrected chi connectivity index (χ0v) is 11.8. The van der Waals surface area contributed by atoms with Crippen molar-refractivity contribution in [1.82, 2.24) is 9.88 Å². The van der Waals surface area contributed by atoms with E-state index in [-0.39, 0.29) is 18.1 Å². The molecule has 1 amide bonds. The highest BCUT2D eigenvalue weighted by atomic mass is 16.5. The lowest BCUT2D eigenvalue weighted by atomic mass is 10.3. The Morgan fingerprint density at radius 3 is 2.58 bits per heavy atom. The fourth-order valence-electron chi connectivity index (χ4n) is 1.57. The highest BCUT2D eigenvalue weighted by molar-refractivity contribution is 5.92. The predicted octanol–water partition coefficient (Wildman–Crippen LogP) is 2.11. The van der Waals surface area contributed by atoms with Gasteiger partial charge in [0.15, 0.2) is 11.5 Å². The smallest absolute Gasteiger partial charge is 0.272 e. The Kier molecular flexibility index (Phi) is 3.93. The molecule has 1 aromatic rings. The summed E-state index contributed by atoms with van der Waals surface area (Å²) in [6.45, 7) is 3.89. The van der Waals surface area contributed by atoms with Crippen molar-refractivity contribution in [1.29, 1.82) is 0 Å². The first-order chi connectivity index (χ1) is 8.97. The van der Waals surface area contributed by atoms with E-state index in [2.05, 4.69) is 4.98 Å². The lowest BCUT2D eigenvalue weighted by Gasteiger charge is -2.16. The summed E-state index contributed by atoms with van der Waals surface area (Å²) in [5.41, 5.74) is 0.372. The minimum atomic E-state index is -0.142. The van der Waals surface area contributed by atoms with Gasteiger partial charge in [0.05, 0.1) is 18.4 Å². The van der Waals surface area contributed by atoms with E-state index in [1.807, 2.05) is 13.8 Å². The molecule has 0 N–H and O–H groups in total. The van der Waals surface area contributed by atoms with E-state index in [0.717, 1.165) is 12.8 Å². The van der Waals surface area contributed by atoms with Crippen molar-refractivity contribution in [2.75, 3.05) is 14.1 Å². The maximum absolute atomic E-state index is 11.9. The number of aromatic nitrogens is 1. The lowest BCUT2D eigenvalue weighted by Crippen LogP contribution is -2.23. The summed E-state index contributed by atoms with van der Waals surface area (Å²) in [7, 11) is 3.40. The van der Waals surface area contributed by atoms with Gasteiger partial charge in [-0.1, -0.05) is 0 Å². The zero-order chi connectivity index (χ0) is 14.0. The first-order valence-electron chi connectivity index (χ1n) is 6.52. The van der Waals surface area contributed by atoms with Crippen molar-refractivity contribution in [3.05, 3.63) is 18.0 Å². The van der Waals surface area contributed by atoms with Crippen molar-refractivity contribution in [2.45, 2.75) is 38.9 Å². The van der Waals surface area contributed by atoms with Crippen LogP contribution < -0.4 is 9.47 Å². The Hall–Kier alpha value is -1.78. The van der Waals surface area contributed by atoms with Gasteiger partial charge in [0.25, 0.3) is 5.91 Å². The minimum absolute atomic E-state index is 0.0405. The molecule has 0 atom stereocenters. The van der Waals surface area contributed by atoms with Gasteiger partial charge in [0.2, 0.25) is 0 Å². The van der Waals surface area contributed by atoms with Gasteiger partial charge in [-0.15, -0.1) is 0 Å². The number of hydrogen-bond acceptors (Lipinski definition) is 4. The summed E-state index contributed by atoms with van der Waals surface area (Å²) in [6, 6.07) is 1.67. The van der Waals surface area contributed by atoms with Gasteiger partial charge in [-0.2, -0.15) is 0 Å². The Labute approximate surface area is 113 Å². The summed E-state index contributed by atoms with van der Waals surface area (Å²) >= 11 is 0. The Balaban J connectivity index is 2.26. The van der Waals surface area contributed by atoms with Crippen LogP contribution in [-0.2, 0) is 0 Å². The number of amides is 1. The third kappa shape index (κ3) is 3.59. The molecule has 0 spiro atoms. The average molecular weight is 264 g/mol. The van der Waals surface area contributed by atoms with Gasteiger partial charge in [0.1, 0.15) is 5.69 Å². The molecule has 1 saturated carbocycles. The van der Waals surface area contributed by atoms with Crippen LogP contribution in [0.5, 0.6) is 11.5 Å². The molecule has 0 aromatic carbocycles. The number of rotatable bonds is 5. The monoisotopic (exact) mass is 264 g/mol. The second kappa shape index (κ2) is 5.47. The molecule has 0 saturated heterocycles. The number of ether oxygens (including phenoxy) is 2. The molecule has 1 aliphatic carbocycles. The number of pyridine rings is 1. The van der Waals surface area contributed by atoms with Crippen LogP contribution in [0.2, 0.25) is 0 Å². The number of carbonyl (C=O) groups excluding carboxylic acids is 1. The van der Waals surface area contributed by atoms with Gasteiger partial charge in [0, 0.05) is 20.2 Å². The number of carbonyl (C=O) groups is 1. The van der Waals surface area contributed by atoms with Crippen molar-refractivity contribution < 1.29 is 14.3 Å². The van der Waals surface area contributed by atoms with E-state index in [9.17, 15) is 4.79 Å². The van der Waals surface area contributed by atoms with E-state index < -0.39 is 0 Å². The highest BCUT2D eigenvalue weighted by Crippen LogP contribution is 2.34. The van der Waals surface area contributed by atoms with Crippen LogP contribution in [-0.4, -0.2) is 42.1 Å². The molecule has 0 aliphatic heterocycles.